The van der Waals surface area contributed by atoms with Crippen LogP contribution in [-0.2, 0) is 9.53 Å². The molecule has 144 valence electrons. The molecule has 0 aliphatic rings. The average molecular weight is 380 g/mol. The third-order valence-electron chi connectivity index (χ3n) is 3.71. The van der Waals surface area contributed by atoms with Crippen LogP contribution in [0.15, 0.2) is 48.0 Å². The zero-order chi connectivity index (χ0) is 20.5. The fourth-order valence-electron chi connectivity index (χ4n) is 2.40. The molecule has 0 bridgehead atoms. The van der Waals surface area contributed by atoms with Gasteiger partial charge in [0, 0.05) is 5.69 Å². The van der Waals surface area contributed by atoms with E-state index < -0.39 is 11.9 Å². The highest BCUT2D eigenvalue weighted by Crippen LogP contribution is 2.29. The molecule has 0 spiro atoms. The normalized spacial score (nSPS) is 10.6. The number of anilines is 1. The lowest BCUT2D eigenvalue weighted by Gasteiger charge is -2.10. The van der Waals surface area contributed by atoms with E-state index in [4.69, 9.17) is 9.47 Å². The van der Waals surface area contributed by atoms with E-state index in [-0.39, 0.29) is 5.57 Å². The molecule has 0 aromatic heterocycles. The number of amides is 1. The summed E-state index contributed by atoms with van der Waals surface area (Å²) in [5.74, 6) is -0.0465. The second-order valence-corrected chi connectivity index (χ2v) is 5.54. The van der Waals surface area contributed by atoms with Crippen LogP contribution in [0.25, 0.3) is 6.08 Å². The third-order valence-corrected chi connectivity index (χ3v) is 3.71. The van der Waals surface area contributed by atoms with E-state index in [0.717, 1.165) is 0 Å². The highest BCUT2D eigenvalue weighted by Gasteiger charge is 2.12. The molecule has 0 aliphatic heterocycles. The maximum Gasteiger partial charge on any atom is 0.337 e. The van der Waals surface area contributed by atoms with Gasteiger partial charge in [0.2, 0.25) is 0 Å². The van der Waals surface area contributed by atoms with Gasteiger partial charge in [-0.3, -0.25) is 4.79 Å². The Bertz CT molecular complexity index is 944. The third kappa shape index (κ3) is 5.11. The SMILES string of the molecule is CCOc1ccc(/C=C(\C#N)C(=O)Nc2cccc(C(=O)OC)c2)cc1OC. The van der Waals surface area contributed by atoms with Crippen LogP contribution in [0.4, 0.5) is 5.69 Å². The van der Waals surface area contributed by atoms with Crippen molar-refractivity contribution in [2.24, 2.45) is 0 Å². The summed E-state index contributed by atoms with van der Waals surface area (Å²) >= 11 is 0. The molecular formula is C21H20N2O5. The van der Waals surface area contributed by atoms with Crippen LogP contribution in [0.3, 0.4) is 0 Å². The molecule has 2 aromatic carbocycles. The Morgan fingerprint density at radius 1 is 1.14 bits per heavy atom. The van der Waals surface area contributed by atoms with Gasteiger partial charge in [-0.2, -0.15) is 5.26 Å². The number of nitrogens with zero attached hydrogens (tertiary/aromatic N) is 1. The van der Waals surface area contributed by atoms with Gasteiger partial charge < -0.3 is 19.5 Å². The summed E-state index contributed by atoms with van der Waals surface area (Å²) in [5, 5.41) is 12.0. The Kier molecular flexibility index (Phi) is 7.17. The molecule has 0 saturated heterocycles. The number of carbonyl (C=O) groups is 2. The Morgan fingerprint density at radius 3 is 2.57 bits per heavy atom. The van der Waals surface area contributed by atoms with Crippen LogP contribution in [0, 0.1) is 11.3 Å². The van der Waals surface area contributed by atoms with E-state index in [9.17, 15) is 14.9 Å². The van der Waals surface area contributed by atoms with E-state index in [1.165, 1.54) is 26.4 Å². The molecule has 1 N–H and O–H groups in total. The topological polar surface area (TPSA) is 97.7 Å². The number of nitrogens with one attached hydrogen (secondary N) is 1. The largest absolute Gasteiger partial charge is 0.493 e. The lowest BCUT2D eigenvalue weighted by molar-refractivity contribution is -0.112. The summed E-state index contributed by atoms with van der Waals surface area (Å²) in [6.07, 6.45) is 1.44. The number of nitriles is 1. The number of esters is 1. The Morgan fingerprint density at radius 2 is 1.93 bits per heavy atom. The van der Waals surface area contributed by atoms with E-state index in [1.807, 2.05) is 13.0 Å². The first-order valence-corrected chi connectivity index (χ1v) is 8.44. The molecule has 0 saturated carbocycles. The molecule has 0 atom stereocenters. The molecule has 1 amide bonds. The van der Waals surface area contributed by atoms with Gasteiger partial charge in [-0.15, -0.1) is 0 Å². The van der Waals surface area contributed by atoms with Crippen molar-refractivity contribution in [1.82, 2.24) is 0 Å². The van der Waals surface area contributed by atoms with Gasteiger partial charge in [0.15, 0.2) is 11.5 Å². The molecular weight excluding hydrogens is 360 g/mol. The summed E-state index contributed by atoms with van der Waals surface area (Å²) in [6, 6.07) is 13.2. The minimum atomic E-state index is -0.600. The predicted molar refractivity (Wildman–Crippen MR) is 104 cm³/mol. The van der Waals surface area contributed by atoms with Crippen LogP contribution in [0.2, 0.25) is 0 Å². The molecule has 2 rings (SSSR count). The highest BCUT2D eigenvalue weighted by atomic mass is 16.5. The van der Waals surface area contributed by atoms with Crippen molar-refractivity contribution in [3.63, 3.8) is 0 Å². The van der Waals surface area contributed by atoms with Crippen LogP contribution < -0.4 is 14.8 Å². The molecule has 2 aromatic rings. The summed E-state index contributed by atoms with van der Waals surface area (Å²) < 4.78 is 15.4. The van der Waals surface area contributed by atoms with Gasteiger partial charge in [0.25, 0.3) is 5.91 Å². The number of rotatable bonds is 7. The molecule has 0 fully saturated rings. The Balaban J connectivity index is 2.24. The Labute approximate surface area is 163 Å². The number of ether oxygens (including phenoxy) is 3. The zero-order valence-corrected chi connectivity index (χ0v) is 15.8. The number of hydrogen-bond acceptors (Lipinski definition) is 6. The summed E-state index contributed by atoms with van der Waals surface area (Å²) in [4.78, 5) is 24.0. The number of benzene rings is 2. The first-order valence-electron chi connectivity index (χ1n) is 8.44. The molecule has 0 unspecified atom stereocenters. The summed E-state index contributed by atoms with van der Waals surface area (Å²) in [7, 11) is 2.78. The average Bonchev–Trinajstić information content (AvgIpc) is 2.72. The van der Waals surface area contributed by atoms with Gasteiger partial charge in [0.05, 0.1) is 26.4 Å². The molecule has 0 aliphatic carbocycles. The van der Waals surface area contributed by atoms with Gasteiger partial charge in [-0.25, -0.2) is 4.79 Å². The van der Waals surface area contributed by atoms with Crippen LogP contribution in [0.5, 0.6) is 11.5 Å². The lowest BCUT2D eigenvalue weighted by atomic mass is 10.1. The Hall–Kier alpha value is -3.79. The minimum Gasteiger partial charge on any atom is -0.493 e. The summed E-state index contributed by atoms with van der Waals surface area (Å²) in [5.41, 5.74) is 1.17. The van der Waals surface area contributed by atoms with Gasteiger partial charge in [-0.1, -0.05) is 12.1 Å². The second-order valence-electron chi connectivity index (χ2n) is 5.54. The van der Waals surface area contributed by atoms with Crippen molar-refractivity contribution >= 4 is 23.6 Å². The van der Waals surface area contributed by atoms with Crippen molar-refractivity contribution in [3.8, 4) is 17.6 Å². The van der Waals surface area contributed by atoms with Crippen LogP contribution in [-0.4, -0.2) is 32.7 Å². The molecule has 0 heterocycles. The van der Waals surface area contributed by atoms with E-state index >= 15 is 0 Å². The smallest absolute Gasteiger partial charge is 0.337 e. The fraction of sp³-hybridized carbons (Fsp3) is 0.190. The molecule has 7 heteroatoms. The zero-order valence-electron chi connectivity index (χ0n) is 15.8. The summed E-state index contributed by atoms with van der Waals surface area (Å²) in [6.45, 7) is 2.35. The lowest BCUT2D eigenvalue weighted by Crippen LogP contribution is -2.14. The molecule has 7 nitrogen and oxygen atoms in total. The van der Waals surface area contributed by atoms with Gasteiger partial charge in [-0.05, 0) is 48.9 Å². The second kappa shape index (κ2) is 9.78. The number of hydrogen-bond donors (Lipinski definition) is 1. The number of carbonyl (C=O) groups excluding carboxylic acids is 2. The van der Waals surface area contributed by atoms with Crippen molar-refractivity contribution < 1.29 is 23.8 Å². The van der Waals surface area contributed by atoms with E-state index in [1.54, 1.807) is 36.4 Å². The fourth-order valence-corrected chi connectivity index (χ4v) is 2.40. The maximum atomic E-state index is 12.4. The quantitative estimate of drug-likeness (QED) is 0.449. The molecule has 0 radical (unpaired) electrons. The van der Waals surface area contributed by atoms with E-state index in [2.05, 4.69) is 10.1 Å². The maximum absolute atomic E-state index is 12.4. The highest BCUT2D eigenvalue weighted by molar-refractivity contribution is 6.10. The van der Waals surface area contributed by atoms with Crippen molar-refractivity contribution in [1.29, 1.82) is 5.26 Å². The first kappa shape index (κ1) is 20.5. The van der Waals surface area contributed by atoms with Crippen LogP contribution >= 0.6 is 0 Å². The van der Waals surface area contributed by atoms with Crippen molar-refractivity contribution in [2.45, 2.75) is 6.92 Å². The van der Waals surface area contributed by atoms with E-state index in [0.29, 0.717) is 34.9 Å². The minimum absolute atomic E-state index is 0.102. The van der Waals surface area contributed by atoms with Crippen molar-refractivity contribution in [2.75, 3.05) is 26.1 Å². The van der Waals surface area contributed by atoms with Crippen LogP contribution in [0.1, 0.15) is 22.8 Å². The first-order chi connectivity index (χ1) is 13.5. The van der Waals surface area contributed by atoms with Gasteiger partial charge in [0.1, 0.15) is 11.6 Å². The predicted octanol–water partition coefficient (Wildman–Crippen LogP) is 3.43. The van der Waals surface area contributed by atoms with Gasteiger partial charge >= 0.3 is 5.97 Å². The molecule has 28 heavy (non-hydrogen) atoms. The monoisotopic (exact) mass is 380 g/mol. The standard InChI is InChI=1S/C21H20N2O5/c1-4-28-18-9-8-14(11-19(18)26-2)10-16(13-22)20(24)23-17-7-5-6-15(12-17)21(25)27-3/h5-12H,4H2,1-3H3,(H,23,24)/b16-10+. The van der Waals surface area contributed by atoms with Crippen molar-refractivity contribution in [3.05, 3.63) is 59.2 Å². The number of methoxy groups -OCH3 is 2.